The lowest BCUT2D eigenvalue weighted by molar-refractivity contribution is -0.137. The summed E-state index contributed by atoms with van der Waals surface area (Å²) in [4.78, 5) is 22.1. The van der Waals surface area contributed by atoms with E-state index in [0.717, 1.165) is 11.1 Å². The smallest absolute Gasteiger partial charge is 0.303 e. The average molecular weight is 263 g/mol. The van der Waals surface area contributed by atoms with Crippen molar-refractivity contribution < 1.29 is 19.8 Å². The summed E-state index contributed by atoms with van der Waals surface area (Å²) >= 11 is 0. The number of benzene rings is 1. The molecule has 3 N–H and O–H groups in total. The van der Waals surface area contributed by atoms with E-state index in [1.165, 1.54) is 0 Å². The van der Waals surface area contributed by atoms with Crippen molar-refractivity contribution in [3.63, 3.8) is 0 Å². The molecule has 5 nitrogen and oxygen atoms in total. The summed E-state index contributed by atoms with van der Waals surface area (Å²) in [6.45, 7) is 0. The molecule has 0 aliphatic heterocycles. The van der Waals surface area contributed by atoms with Crippen molar-refractivity contribution in [3.8, 4) is 0 Å². The molecule has 5 heteroatoms. The molecular formula is C14H17NO4. The Morgan fingerprint density at radius 2 is 2.00 bits per heavy atom. The van der Waals surface area contributed by atoms with Crippen LogP contribution in [0.25, 0.3) is 0 Å². The number of carbonyl (C=O) groups is 2. The third-order valence-corrected chi connectivity index (χ3v) is 3.31. The first-order valence-electron chi connectivity index (χ1n) is 6.35. The second-order valence-electron chi connectivity index (χ2n) is 4.76. The number of carbonyl (C=O) groups excluding carboxylic acids is 1. The molecule has 0 aromatic heterocycles. The van der Waals surface area contributed by atoms with E-state index < -0.39 is 12.1 Å². The first-order chi connectivity index (χ1) is 9.08. The maximum Gasteiger partial charge on any atom is 0.303 e. The van der Waals surface area contributed by atoms with Crippen LogP contribution in [-0.4, -0.2) is 28.2 Å². The molecule has 1 aliphatic carbocycles. The standard InChI is InChI=1S/C14H17NO4/c16-11-8-9-4-1-2-5-10(9)14(11)15-12(17)6-3-7-13(18)19/h1-2,4-5,11,14,16H,3,6-8H2,(H,15,17)(H,18,19)/t11-,14+/m1/s1. The Hall–Kier alpha value is -1.88. The van der Waals surface area contributed by atoms with Gasteiger partial charge in [0.25, 0.3) is 0 Å². The van der Waals surface area contributed by atoms with Gasteiger partial charge >= 0.3 is 5.97 Å². The van der Waals surface area contributed by atoms with Gasteiger partial charge in [-0.25, -0.2) is 0 Å². The number of aliphatic carboxylic acids is 1. The third kappa shape index (κ3) is 3.32. The van der Waals surface area contributed by atoms with E-state index >= 15 is 0 Å². The fraction of sp³-hybridized carbons (Fsp3) is 0.429. The number of carboxylic acid groups (broad SMARTS) is 1. The summed E-state index contributed by atoms with van der Waals surface area (Å²) in [6.07, 6.45) is 0.386. The molecule has 2 rings (SSSR count). The van der Waals surface area contributed by atoms with Gasteiger partial charge in [0.05, 0.1) is 12.1 Å². The molecule has 1 aromatic carbocycles. The lowest BCUT2D eigenvalue weighted by Crippen LogP contribution is -2.33. The SMILES string of the molecule is O=C(O)CCCC(=O)N[C@H]1c2ccccc2C[C@H]1O. The Bertz CT molecular complexity index is 486. The van der Waals surface area contributed by atoms with Crippen LogP contribution in [0.5, 0.6) is 0 Å². The van der Waals surface area contributed by atoms with Gasteiger partial charge in [-0.2, -0.15) is 0 Å². The number of nitrogens with one attached hydrogen (secondary N) is 1. The number of hydrogen-bond acceptors (Lipinski definition) is 3. The molecule has 0 fully saturated rings. The Morgan fingerprint density at radius 1 is 1.26 bits per heavy atom. The molecular weight excluding hydrogens is 246 g/mol. The maximum absolute atomic E-state index is 11.7. The summed E-state index contributed by atoms with van der Waals surface area (Å²) < 4.78 is 0. The Labute approximate surface area is 111 Å². The van der Waals surface area contributed by atoms with Crippen molar-refractivity contribution in [1.82, 2.24) is 5.32 Å². The summed E-state index contributed by atoms with van der Waals surface area (Å²) in [5.74, 6) is -1.12. The summed E-state index contributed by atoms with van der Waals surface area (Å²) in [5.41, 5.74) is 1.99. The lowest BCUT2D eigenvalue weighted by atomic mass is 10.1. The van der Waals surface area contributed by atoms with Gasteiger partial charge in [0, 0.05) is 19.3 Å². The average Bonchev–Trinajstić information content (AvgIpc) is 2.66. The van der Waals surface area contributed by atoms with Crippen molar-refractivity contribution in [2.24, 2.45) is 0 Å². The second-order valence-corrected chi connectivity index (χ2v) is 4.76. The van der Waals surface area contributed by atoms with Gasteiger partial charge in [0.1, 0.15) is 0 Å². The third-order valence-electron chi connectivity index (χ3n) is 3.31. The molecule has 1 aromatic rings. The highest BCUT2D eigenvalue weighted by atomic mass is 16.4. The summed E-state index contributed by atoms with van der Waals surface area (Å²) in [7, 11) is 0. The van der Waals surface area contributed by atoms with Gasteiger partial charge in [0.15, 0.2) is 0 Å². The van der Waals surface area contributed by atoms with Crippen LogP contribution in [0.15, 0.2) is 24.3 Å². The van der Waals surface area contributed by atoms with Gasteiger partial charge in [0.2, 0.25) is 5.91 Å². The molecule has 19 heavy (non-hydrogen) atoms. The second kappa shape index (κ2) is 5.84. The van der Waals surface area contributed by atoms with E-state index in [4.69, 9.17) is 5.11 Å². The minimum Gasteiger partial charge on any atom is -0.481 e. The highest BCUT2D eigenvalue weighted by molar-refractivity contribution is 5.77. The van der Waals surface area contributed by atoms with Crippen LogP contribution >= 0.6 is 0 Å². The first-order valence-corrected chi connectivity index (χ1v) is 6.35. The zero-order chi connectivity index (χ0) is 13.8. The highest BCUT2D eigenvalue weighted by Gasteiger charge is 2.31. The largest absolute Gasteiger partial charge is 0.481 e. The van der Waals surface area contributed by atoms with Crippen LogP contribution in [0.2, 0.25) is 0 Å². The summed E-state index contributed by atoms with van der Waals surface area (Å²) in [5, 5.41) is 21.3. The van der Waals surface area contributed by atoms with Gasteiger partial charge in [-0.1, -0.05) is 24.3 Å². The van der Waals surface area contributed by atoms with Crippen LogP contribution < -0.4 is 5.32 Å². The molecule has 0 saturated heterocycles. The van der Waals surface area contributed by atoms with Crippen molar-refractivity contribution in [1.29, 1.82) is 0 Å². The Kier molecular flexibility index (Phi) is 4.16. The first kappa shape index (κ1) is 13.5. The monoisotopic (exact) mass is 263 g/mol. The van der Waals surface area contributed by atoms with Crippen LogP contribution in [0.1, 0.15) is 36.4 Å². The zero-order valence-electron chi connectivity index (χ0n) is 10.5. The van der Waals surface area contributed by atoms with Crippen LogP contribution in [0.3, 0.4) is 0 Å². The zero-order valence-corrected chi connectivity index (χ0v) is 10.5. The van der Waals surface area contributed by atoms with Crippen LogP contribution in [-0.2, 0) is 16.0 Å². The van der Waals surface area contributed by atoms with Gasteiger partial charge in [-0.3, -0.25) is 9.59 Å². The van der Waals surface area contributed by atoms with Crippen LogP contribution in [0.4, 0.5) is 0 Å². The van der Waals surface area contributed by atoms with E-state index in [0.29, 0.717) is 12.8 Å². The quantitative estimate of drug-likeness (QED) is 0.740. The fourth-order valence-corrected chi connectivity index (χ4v) is 2.39. The van der Waals surface area contributed by atoms with Gasteiger partial charge in [-0.15, -0.1) is 0 Å². The molecule has 0 radical (unpaired) electrons. The van der Waals surface area contributed by atoms with Crippen molar-refractivity contribution >= 4 is 11.9 Å². The number of fused-ring (bicyclic) bond motifs is 1. The molecule has 1 aliphatic rings. The Morgan fingerprint density at radius 3 is 2.74 bits per heavy atom. The van der Waals surface area contributed by atoms with Crippen molar-refractivity contribution in [3.05, 3.63) is 35.4 Å². The predicted octanol–water partition coefficient (Wildman–Crippen LogP) is 1.02. The van der Waals surface area contributed by atoms with Crippen molar-refractivity contribution in [2.45, 2.75) is 37.8 Å². The lowest BCUT2D eigenvalue weighted by Gasteiger charge is -2.17. The minimum atomic E-state index is -0.904. The van der Waals surface area contributed by atoms with E-state index in [9.17, 15) is 14.7 Å². The van der Waals surface area contributed by atoms with E-state index in [2.05, 4.69) is 5.32 Å². The molecule has 0 heterocycles. The number of amides is 1. The van der Waals surface area contributed by atoms with Crippen LogP contribution in [0, 0.1) is 0 Å². The fourth-order valence-electron chi connectivity index (χ4n) is 2.39. The molecule has 102 valence electrons. The molecule has 0 spiro atoms. The van der Waals surface area contributed by atoms with E-state index in [1.54, 1.807) is 0 Å². The van der Waals surface area contributed by atoms with E-state index in [-0.39, 0.29) is 24.8 Å². The molecule has 0 saturated carbocycles. The molecule has 0 bridgehead atoms. The van der Waals surface area contributed by atoms with E-state index in [1.807, 2.05) is 24.3 Å². The molecule has 2 atom stereocenters. The number of hydrogen-bond donors (Lipinski definition) is 3. The highest BCUT2D eigenvalue weighted by Crippen LogP contribution is 2.31. The Balaban J connectivity index is 1.92. The predicted molar refractivity (Wildman–Crippen MR) is 68.5 cm³/mol. The van der Waals surface area contributed by atoms with Gasteiger partial charge < -0.3 is 15.5 Å². The number of rotatable bonds is 5. The van der Waals surface area contributed by atoms with Gasteiger partial charge in [-0.05, 0) is 17.5 Å². The topological polar surface area (TPSA) is 86.6 Å². The van der Waals surface area contributed by atoms with Crippen molar-refractivity contribution in [2.75, 3.05) is 0 Å². The molecule has 1 amide bonds. The maximum atomic E-state index is 11.7. The number of aliphatic hydroxyl groups excluding tert-OH is 1. The minimum absolute atomic E-state index is 0.0166. The number of aliphatic hydroxyl groups is 1. The summed E-state index contributed by atoms with van der Waals surface area (Å²) in [6, 6.07) is 7.24. The molecule has 0 unspecified atom stereocenters. The number of carboxylic acids is 1. The normalized spacial score (nSPS) is 20.9.